The molecule has 4 nitrogen and oxygen atoms in total. The largest absolute Gasteiger partial charge is 0.455 e. The van der Waals surface area contributed by atoms with Gasteiger partial charge in [0.2, 0.25) is 6.29 Å². The Bertz CT molecular complexity index is 804. The van der Waals surface area contributed by atoms with E-state index in [9.17, 15) is 4.79 Å². The van der Waals surface area contributed by atoms with E-state index in [4.69, 9.17) is 9.47 Å². The van der Waals surface area contributed by atoms with Crippen molar-refractivity contribution in [2.45, 2.75) is 84.5 Å². The minimum absolute atomic E-state index is 0.203. The van der Waals surface area contributed by atoms with Crippen molar-refractivity contribution in [1.29, 1.82) is 0 Å². The number of hydrogen-bond donors (Lipinski definition) is 0. The first kappa shape index (κ1) is 26.9. The smallest absolute Gasteiger partial charge is 0.309 e. The molecule has 0 saturated carbocycles. The van der Waals surface area contributed by atoms with Crippen LogP contribution in [0.2, 0.25) is 0 Å². The predicted octanol–water partition coefficient (Wildman–Crippen LogP) is 6.91. The molecule has 1 atom stereocenters. The normalized spacial score (nSPS) is 12.4. The Morgan fingerprint density at radius 3 is 2.33 bits per heavy atom. The number of unbranched alkanes of at least 4 members (excludes halogenated alkanes) is 5. The summed E-state index contributed by atoms with van der Waals surface area (Å²) in [7, 11) is 4.39. The van der Waals surface area contributed by atoms with Gasteiger partial charge in [0.1, 0.15) is 12.3 Å². The number of ether oxygens (including phenoxy) is 2. The van der Waals surface area contributed by atoms with Gasteiger partial charge in [0.05, 0.1) is 27.1 Å². The van der Waals surface area contributed by atoms with Gasteiger partial charge in [0, 0.05) is 18.9 Å². The highest BCUT2D eigenvalue weighted by Crippen LogP contribution is 2.18. The van der Waals surface area contributed by atoms with Crippen molar-refractivity contribution in [3.05, 3.63) is 65.7 Å². The standard InChI is InChI=1S/C29H44NO3/c1-5-6-7-8-9-11-16-26-19-14-20-28(23-26)32-25(2)33-29(31)21-15-22-30(3,4)24-27-17-12-10-13-18-27/h10,12-14,17-20,23,25H,5-9,11,15-16,21-22,24H2,1-4H3/q+1. The number of nitrogens with zero attached hydrogens (tertiary/aromatic N) is 1. The van der Waals surface area contributed by atoms with Gasteiger partial charge in [-0.25, -0.2) is 0 Å². The lowest BCUT2D eigenvalue weighted by atomic mass is 10.0. The molecule has 0 N–H and O–H groups in total. The molecule has 0 aliphatic rings. The lowest BCUT2D eigenvalue weighted by Gasteiger charge is -2.29. The summed E-state index contributed by atoms with van der Waals surface area (Å²) in [5.41, 5.74) is 2.59. The number of carbonyl (C=O) groups is 1. The second-order valence-electron chi connectivity index (χ2n) is 9.75. The summed E-state index contributed by atoms with van der Waals surface area (Å²) in [6, 6.07) is 18.6. The van der Waals surface area contributed by atoms with Gasteiger partial charge in [0.25, 0.3) is 0 Å². The fourth-order valence-corrected chi connectivity index (χ4v) is 4.15. The van der Waals surface area contributed by atoms with Crippen LogP contribution in [0.4, 0.5) is 0 Å². The topological polar surface area (TPSA) is 35.5 Å². The fourth-order valence-electron chi connectivity index (χ4n) is 4.15. The first-order valence-electron chi connectivity index (χ1n) is 12.7. The second-order valence-corrected chi connectivity index (χ2v) is 9.75. The van der Waals surface area contributed by atoms with Gasteiger partial charge in [0.15, 0.2) is 0 Å². The van der Waals surface area contributed by atoms with Crippen LogP contribution in [0.15, 0.2) is 54.6 Å². The first-order valence-corrected chi connectivity index (χ1v) is 12.7. The van der Waals surface area contributed by atoms with Gasteiger partial charge in [-0.2, -0.15) is 0 Å². The summed E-state index contributed by atoms with van der Waals surface area (Å²) in [5.74, 6) is 0.560. The molecule has 0 aliphatic carbocycles. The SMILES string of the molecule is CCCCCCCCc1cccc(OC(C)OC(=O)CCC[N+](C)(C)Cc2ccccc2)c1. The molecule has 2 aromatic carbocycles. The molecule has 0 radical (unpaired) electrons. The van der Waals surface area contributed by atoms with E-state index in [1.807, 2.05) is 18.2 Å². The molecule has 4 heteroatoms. The predicted molar refractivity (Wildman–Crippen MR) is 136 cm³/mol. The van der Waals surface area contributed by atoms with E-state index in [1.165, 1.54) is 49.7 Å². The third kappa shape index (κ3) is 11.9. The Morgan fingerprint density at radius 1 is 0.879 bits per heavy atom. The van der Waals surface area contributed by atoms with Crippen molar-refractivity contribution < 1.29 is 18.8 Å². The number of hydrogen-bond acceptors (Lipinski definition) is 3. The Labute approximate surface area is 201 Å². The number of aryl methyl sites for hydroxylation is 1. The van der Waals surface area contributed by atoms with Crippen molar-refractivity contribution in [2.75, 3.05) is 20.6 Å². The van der Waals surface area contributed by atoms with E-state index >= 15 is 0 Å². The Morgan fingerprint density at radius 2 is 1.58 bits per heavy atom. The number of esters is 1. The van der Waals surface area contributed by atoms with Crippen LogP contribution >= 0.6 is 0 Å². The maximum Gasteiger partial charge on any atom is 0.309 e. The zero-order valence-electron chi connectivity index (χ0n) is 21.2. The molecule has 0 aromatic heterocycles. The van der Waals surface area contributed by atoms with E-state index in [-0.39, 0.29) is 5.97 Å². The fraction of sp³-hybridized carbons (Fsp3) is 0.552. The van der Waals surface area contributed by atoms with Crippen LogP contribution in [-0.2, 0) is 22.5 Å². The first-order chi connectivity index (χ1) is 15.9. The van der Waals surface area contributed by atoms with Crippen molar-refractivity contribution in [2.24, 2.45) is 0 Å². The zero-order chi connectivity index (χ0) is 23.9. The summed E-state index contributed by atoms with van der Waals surface area (Å²) in [6.45, 7) is 5.90. The molecule has 0 bridgehead atoms. The lowest BCUT2D eigenvalue weighted by Crippen LogP contribution is -2.39. The minimum Gasteiger partial charge on any atom is -0.455 e. The van der Waals surface area contributed by atoms with E-state index in [0.29, 0.717) is 6.42 Å². The maximum absolute atomic E-state index is 12.3. The molecular weight excluding hydrogens is 410 g/mol. The average molecular weight is 455 g/mol. The van der Waals surface area contributed by atoms with Crippen LogP contribution < -0.4 is 4.74 Å². The summed E-state index contributed by atoms with van der Waals surface area (Å²) in [4.78, 5) is 12.3. The lowest BCUT2D eigenvalue weighted by molar-refractivity contribution is -0.903. The third-order valence-corrected chi connectivity index (χ3v) is 5.91. The summed E-state index contributed by atoms with van der Waals surface area (Å²) in [5, 5.41) is 0. The molecular formula is C29H44NO3+. The summed E-state index contributed by atoms with van der Waals surface area (Å²) >= 11 is 0. The van der Waals surface area contributed by atoms with E-state index < -0.39 is 6.29 Å². The molecule has 2 rings (SSSR count). The van der Waals surface area contributed by atoms with Crippen molar-refractivity contribution in [3.63, 3.8) is 0 Å². The molecule has 0 amide bonds. The van der Waals surface area contributed by atoms with Gasteiger partial charge < -0.3 is 14.0 Å². The Hall–Kier alpha value is -2.33. The number of benzene rings is 2. The van der Waals surface area contributed by atoms with Crippen molar-refractivity contribution in [3.8, 4) is 5.75 Å². The molecule has 0 aliphatic heterocycles. The quantitative estimate of drug-likeness (QED) is 0.120. The molecule has 0 heterocycles. The van der Waals surface area contributed by atoms with Crippen LogP contribution in [0.5, 0.6) is 5.75 Å². The van der Waals surface area contributed by atoms with Crippen LogP contribution in [-0.4, -0.2) is 37.4 Å². The monoisotopic (exact) mass is 454 g/mol. The van der Waals surface area contributed by atoms with Gasteiger partial charge in [-0.15, -0.1) is 0 Å². The van der Waals surface area contributed by atoms with Gasteiger partial charge in [-0.1, -0.05) is 81.5 Å². The van der Waals surface area contributed by atoms with Crippen molar-refractivity contribution in [1.82, 2.24) is 0 Å². The number of carbonyl (C=O) groups excluding carboxylic acids is 1. The minimum atomic E-state index is -0.589. The zero-order valence-corrected chi connectivity index (χ0v) is 21.2. The molecule has 2 aromatic rings. The molecule has 33 heavy (non-hydrogen) atoms. The highest BCUT2D eigenvalue weighted by atomic mass is 16.7. The average Bonchev–Trinajstić information content (AvgIpc) is 2.76. The van der Waals surface area contributed by atoms with Crippen LogP contribution in [0.3, 0.4) is 0 Å². The molecule has 182 valence electrons. The summed E-state index contributed by atoms with van der Waals surface area (Å²) in [6.07, 6.45) is 9.43. The van der Waals surface area contributed by atoms with Gasteiger partial charge >= 0.3 is 5.97 Å². The van der Waals surface area contributed by atoms with E-state index in [0.717, 1.165) is 36.2 Å². The van der Waals surface area contributed by atoms with Gasteiger partial charge in [-0.05, 0) is 30.5 Å². The van der Waals surface area contributed by atoms with Crippen molar-refractivity contribution >= 4 is 5.97 Å². The molecule has 0 fully saturated rings. The maximum atomic E-state index is 12.3. The van der Waals surface area contributed by atoms with Crippen LogP contribution in [0, 0.1) is 0 Å². The highest BCUT2D eigenvalue weighted by molar-refractivity contribution is 5.69. The Kier molecular flexibility index (Phi) is 12.0. The van der Waals surface area contributed by atoms with Crippen LogP contribution in [0.1, 0.15) is 76.3 Å². The second kappa shape index (κ2) is 14.7. The summed E-state index contributed by atoms with van der Waals surface area (Å²) < 4.78 is 12.2. The highest BCUT2D eigenvalue weighted by Gasteiger charge is 2.18. The Balaban J connectivity index is 1.67. The number of quaternary nitrogens is 1. The van der Waals surface area contributed by atoms with Gasteiger partial charge in [-0.3, -0.25) is 4.79 Å². The number of rotatable bonds is 16. The van der Waals surface area contributed by atoms with E-state index in [2.05, 4.69) is 57.4 Å². The van der Waals surface area contributed by atoms with E-state index in [1.54, 1.807) is 6.92 Å². The van der Waals surface area contributed by atoms with Crippen LogP contribution in [0.25, 0.3) is 0 Å². The molecule has 1 unspecified atom stereocenters. The third-order valence-electron chi connectivity index (χ3n) is 5.91. The molecule has 0 saturated heterocycles. The molecule has 0 spiro atoms.